The fourth-order valence-electron chi connectivity index (χ4n) is 3.35. The van der Waals surface area contributed by atoms with E-state index in [0.29, 0.717) is 0 Å². The molecule has 2 fully saturated rings. The molecule has 2 saturated heterocycles. The number of carbonyl (C=O) groups excluding carboxylic acids is 2. The fourth-order valence-corrected chi connectivity index (χ4v) is 3.35. The molecule has 9 nitrogen and oxygen atoms in total. The number of nitrogens with one attached hydrogen (secondary N) is 1. The molecule has 9 heteroatoms. The molecule has 2 aliphatic rings. The van der Waals surface area contributed by atoms with Gasteiger partial charge in [-0.2, -0.15) is 0 Å². The fraction of sp³-hybridized carbons (Fsp3) is 0.900. The van der Waals surface area contributed by atoms with Gasteiger partial charge in [0.2, 0.25) is 0 Å². The predicted octanol–water partition coefficient (Wildman–Crippen LogP) is 2.10. The van der Waals surface area contributed by atoms with Crippen LogP contribution in [-0.2, 0) is 28.5 Å². The van der Waals surface area contributed by atoms with Crippen molar-refractivity contribution < 1.29 is 38.4 Å². The zero-order valence-corrected chi connectivity index (χ0v) is 18.8. The van der Waals surface area contributed by atoms with Gasteiger partial charge in [-0.25, -0.2) is 4.79 Å². The summed E-state index contributed by atoms with van der Waals surface area (Å²) >= 11 is 0. The highest BCUT2D eigenvalue weighted by Crippen LogP contribution is 2.47. The molecule has 2 heterocycles. The van der Waals surface area contributed by atoms with E-state index in [1.165, 1.54) is 0 Å². The van der Waals surface area contributed by atoms with Crippen LogP contribution in [0.3, 0.4) is 0 Å². The van der Waals surface area contributed by atoms with Crippen LogP contribution in [0.25, 0.3) is 0 Å². The first-order chi connectivity index (χ1) is 13.0. The minimum Gasteiger partial charge on any atom is -0.462 e. The van der Waals surface area contributed by atoms with Gasteiger partial charge in [0.15, 0.2) is 17.7 Å². The van der Waals surface area contributed by atoms with Crippen LogP contribution in [-0.4, -0.2) is 65.3 Å². The van der Waals surface area contributed by atoms with Crippen LogP contribution >= 0.6 is 0 Å². The molecule has 168 valence electrons. The highest BCUT2D eigenvalue weighted by Gasteiger charge is 2.67. The number of hydrogen-bond donors (Lipinski definition) is 2. The largest absolute Gasteiger partial charge is 0.462 e. The summed E-state index contributed by atoms with van der Waals surface area (Å²) in [6, 6.07) is -0.567. The van der Waals surface area contributed by atoms with Gasteiger partial charge in [0.05, 0.1) is 11.5 Å². The van der Waals surface area contributed by atoms with E-state index in [1.54, 1.807) is 62.3 Å². The molecule has 2 rings (SSSR count). The molecule has 0 radical (unpaired) electrons. The van der Waals surface area contributed by atoms with Crippen LogP contribution in [0.1, 0.15) is 62.3 Å². The summed E-state index contributed by atoms with van der Waals surface area (Å²) in [4.78, 5) is 24.4. The maximum absolute atomic E-state index is 12.3. The van der Waals surface area contributed by atoms with Crippen LogP contribution in [0.5, 0.6) is 0 Å². The zero-order chi connectivity index (χ0) is 22.4. The number of aliphatic hydroxyl groups is 1. The number of alkyl carbamates (subject to hydrolysis) is 1. The normalized spacial score (nSPS) is 32.4. The SMILES string of the molecule is C[C@H](NC(=O)OC(C)(C)C)[C@H]1OC(O)[C@]2(COC(=O)C(C)(C)C)OC(C)(C)O[C@H]12. The minimum absolute atomic E-state index is 0.242. The summed E-state index contributed by atoms with van der Waals surface area (Å²) in [5.41, 5.74) is -2.77. The number of esters is 1. The number of ether oxygens (including phenoxy) is 5. The maximum Gasteiger partial charge on any atom is 0.407 e. The van der Waals surface area contributed by atoms with E-state index in [0.717, 1.165) is 0 Å². The predicted molar refractivity (Wildman–Crippen MR) is 103 cm³/mol. The van der Waals surface area contributed by atoms with E-state index in [4.69, 9.17) is 23.7 Å². The lowest BCUT2D eigenvalue weighted by atomic mass is 9.92. The molecular weight excluding hydrogens is 382 g/mol. The van der Waals surface area contributed by atoms with Crippen molar-refractivity contribution in [2.75, 3.05) is 6.61 Å². The highest BCUT2D eigenvalue weighted by atomic mass is 16.8. The summed E-state index contributed by atoms with van der Waals surface area (Å²) in [7, 11) is 0. The Morgan fingerprint density at radius 3 is 2.28 bits per heavy atom. The molecule has 0 saturated carbocycles. The Bertz CT molecular complexity index is 635. The molecule has 0 aliphatic carbocycles. The molecule has 1 amide bonds. The van der Waals surface area contributed by atoms with Crippen LogP contribution in [0.2, 0.25) is 0 Å². The van der Waals surface area contributed by atoms with Crippen LogP contribution in [0.15, 0.2) is 0 Å². The van der Waals surface area contributed by atoms with Crippen molar-refractivity contribution in [3.05, 3.63) is 0 Å². The van der Waals surface area contributed by atoms with Crippen molar-refractivity contribution in [3.63, 3.8) is 0 Å². The van der Waals surface area contributed by atoms with Gasteiger partial charge in [-0.1, -0.05) is 0 Å². The monoisotopic (exact) mass is 417 g/mol. The molecule has 29 heavy (non-hydrogen) atoms. The van der Waals surface area contributed by atoms with Crippen molar-refractivity contribution in [3.8, 4) is 0 Å². The summed E-state index contributed by atoms with van der Waals surface area (Å²) in [5.74, 6) is -1.47. The molecule has 0 aromatic carbocycles. The molecule has 0 bridgehead atoms. The third-order valence-electron chi connectivity index (χ3n) is 4.61. The zero-order valence-electron chi connectivity index (χ0n) is 18.8. The van der Waals surface area contributed by atoms with Crippen LogP contribution in [0, 0.1) is 5.41 Å². The smallest absolute Gasteiger partial charge is 0.407 e. The standard InChI is InChI=1S/C20H35NO8/c1-11(21-16(24)28-18(5,6)7)12-13-20(15(23)26-12,29-19(8,9)27-13)10-25-14(22)17(2,3)4/h11-13,15,23H,10H2,1-9H3,(H,21,24)/t11-,12+,13+,15?,20+/m0/s1. The summed E-state index contributed by atoms with van der Waals surface area (Å²) in [6.07, 6.45) is -3.54. The van der Waals surface area contributed by atoms with Crippen LogP contribution in [0.4, 0.5) is 4.79 Å². The number of fused-ring (bicyclic) bond motifs is 1. The number of amides is 1. The second-order valence-electron chi connectivity index (χ2n) is 10.2. The number of hydrogen-bond acceptors (Lipinski definition) is 8. The van der Waals surface area contributed by atoms with E-state index >= 15 is 0 Å². The minimum atomic E-state index is -1.41. The third kappa shape index (κ3) is 5.39. The Kier molecular flexibility index (Phi) is 6.32. The summed E-state index contributed by atoms with van der Waals surface area (Å²) in [5, 5.41) is 13.4. The van der Waals surface area contributed by atoms with Gasteiger partial charge in [0.25, 0.3) is 0 Å². The summed E-state index contributed by atoms with van der Waals surface area (Å²) in [6.45, 7) is 15.4. The van der Waals surface area contributed by atoms with Gasteiger partial charge in [0, 0.05) is 0 Å². The van der Waals surface area contributed by atoms with Crippen molar-refractivity contribution >= 4 is 12.1 Å². The lowest BCUT2D eigenvalue weighted by Crippen LogP contribution is -2.54. The van der Waals surface area contributed by atoms with Crippen molar-refractivity contribution in [1.82, 2.24) is 5.32 Å². The number of carbonyl (C=O) groups is 2. The van der Waals surface area contributed by atoms with Crippen molar-refractivity contribution in [2.24, 2.45) is 5.41 Å². The van der Waals surface area contributed by atoms with Crippen molar-refractivity contribution in [2.45, 2.75) is 104 Å². The third-order valence-corrected chi connectivity index (χ3v) is 4.61. The first kappa shape index (κ1) is 23.9. The maximum atomic E-state index is 12.3. The quantitative estimate of drug-likeness (QED) is 0.669. The molecule has 0 aromatic heterocycles. The van der Waals surface area contributed by atoms with Gasteiger partial charge in [-0.05, 0) is 62.3 Å². The topological polar surface area (TPSA) is 113 Å². The number of aliphatic hydroxyl groups excluding tert-OH is 1. The Balaban J connectivity index is 2.17. The van der Waals surface area contributed by atoms with Crippen molar-refractivity contribution in [1.29, 1.82) is 0 Å². The first-order valence-corrected chi connectivity index (χ1v) is 9.85. The molecule has 2 aliphatic heterocycles. The van der Waals surface area contributed by atoms with Crippen LogP contribution < -0.4 is 5.32 Å². The molecule has 0 spiro atoms. The Hall–Kier alpha value is -1.42. The Morgan fingerprint density at radius 2 is 1.76 bits per heavy atom. The van der Waals surface area contributed by atoms with Gasteiger partial charge in [-0.15, -0.1) is 0 Å². The summed E-state index contributed by atoms with van der Waals surface area (Å²) < 4.78 is 28.4. The van der Waals surface area contributed by atoms with Gasteiger partial charge < -0.3 is 34.1 Å². The van der Waals surface area contributed by atoms with E-state index < -0.39 is 59.0 Å². The van der Waals surface area contributed by atoms with Gasteiger partial charge >= 0.3 is 12.1 Å². The molecule has 5 atom stereocenters. The lowest BCUT2D eigenvalue weighted by Gasteiger charge is -2.30. The second kappa shape index (κ2) is 7.68. The van der Waals surface area contributed by atoms with Gasteiger partial charge in [-0.3, -0.25) is 4.79 Å². The highest BCUT2D eigenvalue weighted by molar-refractivity contribution is 5.75. The van der Waals surface area contributed by atoms with E-state index in [2.05, 4.69) is 5.32 Å². The second-order valence-corrected chi connectivity index (χ2v) is 10.2. The van der Waals surface area contributed by atoms with E-state index in [9.17, 15) is 14.7 Å². The molecule has 0 aromatic rings. The van der Waals surface area contributed by atoms with E-state index in [-0.39, 0.29) is 6.61 Å². The van der Waals surface area contributed by atoms with E-state index in [1.807, 2.05) is 0 Å². The molecular formula is C20H35NO8. The van der Waals surface area contributed by atoms with Gasteiger partial charge in [0.1, 0.15) is 24.4 Å². The average molecular weight is 417 g/mol. The molecule has 1 unspecified atom stereocenters. The average Bonchev–Trinajstić information content (AvgIpc) is 2.91. The Morgan fingerprint density at radius 1 is 1.17 bits per heavy atom. The Labute approximate surface area is 172 Å². The lowest BCUT2D eigenvalue weighted by molar-refractivity contribution is -0.256. The molecule has 2 N–H and O–H groups in total. The first-order valence-electron chi connectivity index (χ1n) is 9.85. The number of rotatable bonds is 4.